The predicted molar refractivity (Wildman–Crippen MR) is 160 cm³/mol. The Morgan fingerprint density at radius 2 is 1.13 bits per heavy atom. The Labute approximate surface area is 277 Å². The summed E-state index contributed by atoms with van der Waals surface area (Å²) < 4.78 is 0. The summed E-state index contributed by atoms with van der Waals surface area (Å²) >= 11 is 0. The molecule has 5 heteroatoms. The Morgan fingerprint density at radius 3 is 1.62 bits per heavy atom. The minimum Gasteiger partial charge on any atom is -1.00 e. The molecule has 0 spiro atoms. The minimum atomic E-state index is -1.51. The van der Waals surface area contributed by atoms with Gasteiger partial charge < -0.3 is 43.6 Å². The van der Waals surface area contributed by atoms with Crippen LogP contribution in [0.4, 0.5) is 0 Å². The number of hydrogen-bond acceptors (Lipinski definition) is 0. The first-order chi connectivity index (χ1) is 17.2. The maximum absolute atomic E-state index is 2.75. The molecule has 1 fully saturated rings. The van der Waals surface area contributed by atoms with Gasteiger partial charge in [0.1, 0.15) is 0 Å². The van der Waals surface area contributed by atoms with Gasteiger partial charge in [-0.05, 0) is 5.92 Å². The van der Waals surface area contributed by atoms with Crippen molar-refractivity contribution in [2.75, 3.05) is 0 Å². The van der Waals surface area contributed by atoms with E-state index in [1.54, 1.807) is 5.19 Å². The van der Waals surface area contributed by atoms with E-state index in [4.69, 9.17) is 0 Å². The fraction of sp³-hybridized carbons (Fsp3) is 0.676. The van der Waals surface area contributed by atoms with Gasteiger partial charge in [0.25, 0.3) is 0 Å². The molecule has 0 N–H and O–H groups in total. The fourth-order valence-corrected chi connectivity index (χ4v) is 11.1. The van der Waals surface area contributed by atoms with Gasteiger partial charge in [-0.2, -0.15) is 5.54 Å². The van der Waals surface area contributed by atoms with E-state index in [2.05, 4.69) is 74.5 Å². The standard InChI is InChI=1S/C34H55Si.3ClH.Ti/c1-3-4-5-6-7-8-9-10-11-12-13-14-15-16-17-23-28-35(2,33-26-19-18-20-27-33)34-29-31-24-21-22-25-32(31)30-34;;;;/h18-22,24-27,29,31-32,34H,3-17,23,28,30H2,1-2H3;3*1H;/q-1;;;;+4/p-3. The van der Waals surface area contributed by atoms with E-state index >= 15 is 0 Å². The third kappa shape index (κ3) is 15.0. The number of allylic oxidation sites excluding steroid dienone is 4. The molecule has 0 saturated heterocycles. The Kier molecular flexibility index (Phi) is 26.7. The molecule has 0 nitrogen and oxygen atoms in total. The van der Waals surface area contributed by atoms with Crippen molar-refractivity contribution in [3.8, 4) is 0 Å². The summed E-state index contributed by atoms with van der Waals surface area (Å²) in [5, 5.41) is 1.69. The second-order valence-electron chi connectivity index (χ2n) is 11.9. The molecule has 1 saturated carbocycles. The monoisotopic (exact) mass is 644 g/mol. The topological polar surface area (TPSA) is 0 Å². The first-order valence-corrected chi connectivity index (χ1v) is 18.3. The molecule has 4 unspecified atom stereocenters. The van der Waals surface area contributed by atoms with Crippen molar-refractivity contribution in [2.24, 2.45) is 11.8 Å². The Balaban J connectivity index is 0. The van der Waals surface area contributed by atoms with Crippen LogP contribution in [-0.4, -0.2) is 8.07 Å². The van der Waals surface area contributed by atoms with Crippen LogP contribution in [0.15, 0.2) is 54.6 Å². The molecular weight excluding hydrogens is 591 g/mol. The van der Waals surface area contributed by atoms with Gasteiger partial charge in [0.2, 0.25) is 0 Å². The van der Waals surface area contributed by atoms with Gasteiger partial charge in [0.05, 0.1) is 8.07 Å². The third-order valence-corrected chi connectivity index (χ3v) is 14.2. The molecule has 2 aliphatic carbocycles. The predicted octanol–water partition coefficient (Wildman–Crippen LogP) is 1.58. The molecule has 39 heavy (non-hydrogen) atoms. The maximum atomic E-state index is 2.75. The van der Waals surface area contributed by atoms with E-state index in [-0.39, 0.29) is 58.9 Å². The zero-order chi connectivity index (χ0) is 24.6. The van der Waals surface area contributed by atoms with E-state index in [0.717, 1.165) is 11.5 Å². The Bertz CT molecular complexity index is 721. The van der Waals surface area contributed by atoms with Crippen LogP contribution in [0.1, 0.15) is 116 Å². The second kappa shape index (κ2) is 25.0. The van der Waals surface area contributed by atoms with Crippen LogP contribution in [0.25, 0.3) is 0 Å². The van der Waals surface area contributed by atoms with Crippen molar-refractivity contribution >= 4 is 13.3 Å². The molecule has 0 aliphatic heterocycles. The second-order valence-corrected chi connectivity index (χ2v) is 16.5. The van der Waals surface area contributed by atoms with Crippen LogP contribution in [0, 0.1) is 18.3 Å². The third-order valence-electron chi connectivity index (χ3n) is 9.08. The first kappa shape index (κ1) is 41.6. The molecule has 0 aromatic heterocycles. The number of fused-ring (bicyclic) bond motifs is 1. The van der Waals surface area contributed by atoms with Crippen LogP contribution in [0.2, 0.25) is 18.1 Å². The minimum absolute atomic E-state index is 0. The number of halogens is 3. The van der Waals surface area contributed by atoms with Crippen molar-refractivity contribution in [2.45, 2.75) is 134 Å². The summed E-state index contributed by atoms with van der Waals surface area (Å²) in [7, 11) is -1.51. The molecule has 1 aromatic carbocycles. The van der Waals surface area contributed by atoms with Crippen LogP contribution >= 0.6 is 0 Å². The molecular formula is C34H55Cl3SiTi. The SMILES string of the molecule is CCCCCCCCCCCCCCCCCC[Si](C)(c1ccccc1)C1[CH-]C2C=CC=CC2C1.[Cl-].[Cl-].[Cl-].[Ti+4]. The largest absolute Gasteiger partial charge is 4.00 e. The van der Waals surface area contributed by atoms with E-state index in [1.807, 2.05) is 0 Å². The van der Waals surface area contributed by atoms with Crippen molar-refractivity contribution in [1.82, 2.24) is 0 Å². The average molecular weight is 646 g/mol. The number of benzene rings is 1. The normalized spacial score (nSPS) is 20.5. The fourth-order valence-electron chi connectivity index (χ4n) is 6.63. The van der Waals surface area contributed by atoms with Gasteiger partial charge in [0.15, 0.2) is 0 Å². The molecule has 220 valence electrons. The van der Waals surface area contributed by atoms with E-state index in [0.29, 0.717) is 5.92 Å². The van der Waals surface area contributed by atoms with Crippen molar-refractivity contribution in [1.29, 1.82) is 0 Å². The van der Waals surface area contributed by atoms with Gasteiger partial charge in [-0.1, -0.05) is 182 Å². The van der Waals surface area contributed by atoms with Gasteiger partial charge >= 0.3 is 21.7 Å². The van der Waals surface area contributed by atoms with Gasteiger partial charge in [-0.25, -0.2) is 0 Å². The summed E-state index contributed by atoms with van der Waals surface area (Å²) in [5.74, 6) is 1.44. The van der Waals surface area contributed by atoms with Crippen LogP contribution in [0.5, 0.6) is 0 Å². The zero-order valence-electron chi connectivity index (χ0n) is 24.9. The van der Waals surface area contributed by atoms with Crippen LogP contribution < -0.4 is 42.4 Å². The first-order valence-electron chi connectivity index (χ1n) is 15.5. The summed E-state index contributed by atoms with van der Waals surface area (Å²) in [6, 6.07) is 13.1. The molecule has 0 radical (unpaired) electrons. The summed E-state index contributed by atoms with van der Waals surface area (Å²) in [6.07, 6.45) is 36.8. The van der Waals surface area contributed by atoms with E-state index in [1.165, 1.54) is 115 Å². The summed E-state index contributed by atoms with van der Waals surface area (Å²) in [4.78, 5) is 0. The molecule has 4 atom stereocenters. The molecule has 0 bridgehead atoms. The molecule has 2 aliphatic rings. The maximum Gasteiger partial charge on any atom is 4.00 e. The number of rotatable bonds is 19. The van der Waals surface area contributed by atoms with Crippen LogP contribution in [-0.2, 0) is 21.7 Å². The Morgan fingerprint density at radius 1 is 0.667 bits per heavy atom. The van der Waals surface area contributed by atoms with E-state index < -0.39 is 8.07 Å². The van der Waals surface area contributed by atoms with Gasteiger partial charge in [-0.3, -0.25) is 0 Å². The van der Waals surface area contributed by atoms with Crippen molar-refractivity contribution in [3.63, 3.8) is 0 Å². The van der Waals surface area contributed by atoms with Crippen molar-refractivity contribution < 1.29 is 58.9 Å². The van der Waals surface area contributed by atoms with Crippen molar-refractivity contribution in [3.05, 3.63) is 61.1 Å². The van der Waals surface area contributed by atoms with E-state index in [9.17, 15) is 0 Å². The molecule has 0 amide bonds. The molecule has 1 aromatic rings. The average Bonchev–Trinajstić information content (AvgIpc) is 3.34. The zero-order valence-corrected chi connectivity index (χ0v) is 29.7. The number of hydrogen-bond donors (Lipinski definition) is 0. The quantitative estimate of drug-likeness (QED) is 0.122. The smallest absolute Gasteiger partial charge is 1.00 e. The number of unbranched alkanes of at least 4 members (excludes halogenated alkanes) is 15. The van der Waals surface area contributed by atoms with Crippen LogP contribution in [0.3, 0.4) is 0 Å². The Hall–Kier alpha value is 0.501. The summed E-state index contributed by atoms with van der Waals surface area (Å²) in [5.41, 5.74) is 0.823. The van der Waals surface area contributed by atoms with Gasteiger partial charge in [-0.15, -0.1) is 12.0 Å². The molecule has 3 rings (SSSR count). The summed E-state index contributed by atoms with van der Waals surface area (Å²) in [6.45, 7) is 5.00. The molecule has 0 heterocycles. The van der Waals surface area contributed by atoms with Gasteiger partial charge in [0, 0.05) is 0 Å².